The van der Waals surface area contributed by atoms with Crippen LogP contribution in [0.3, 0.4) is 0 Å². The molecule has 0 saturated carbocycles. The van der Waals surface area contributed by atoms with Gasteiger partial charge in [-0.05, 0) is 11.6 Å². The van der Waals surface area contributed by atoms with Crippen LogP contribution >= 0.6 is 0 Å². The molecule has 15 heavy (non-hydrogen) atoms. The SMILES string of the molecule is OCc1ccc(OCCC(F)(F)F)nc1. The highest BCUT2D eigenvalue weighted by molar-refractivity contribution is 5.16. The number of hydrogen-bond acceptors (Lipinski definition) is 3. The van der Waals surface area contributed by atoms with E-state index in [9.17, 15) is 13.2 Å². The monoisotopic (exact) mass is 221 g/mol. The topological polar surface area (TPSA) is 42.4 Å². The molecule has 0 aromatic carbocycles. The van der Waals surface area contributed by atoms with Crippen LogP contribution in [0.15, 0.2) is 18.3 Å². The van der Waals surface area contributed by atoms with Gasteiger partial charge in [0.15, 0.2) is 0 Å². The van der Waals surface area contributed by atoms with Crippen LogP contribution in [0.4, 0.5) is 13.2 Å². The second-order valence-electron chi connectivity index (χ2n) is 2.88. The van der Waals surface area contributed by atoms with Crippen molar-refractivity contribution in [2.75, 3.05) is 6.61 Å². The molecule has 0 spiro atoms. The molecule has 1 rings (SSSR count). The predicted octanol–water partition coefficient (Wildman–Crippen LogP) is 1.91. The highest BCUT2D eigenvalue weighted by Gasteiger charge is 2.26. The summed E-state index contributed by atoms with van der Waals surface area (Å²) >= 11 is 0. The van der Waals surface area contributed by atoms with E-state index in [1.165, 1.54) is 18.3 Å². The second kappa shape index (κ2) is 4.97. The van der Waals surface area contributed by atoms with Gasteiger partial charge in [0.2, 0.25) is 5.88 Å². The maximum absolute atomic E-state index is 11.7. The van der Waals surface area contributed by atoms with Gasteiger partial charge in [0.05, 0.1) is 19.6 Å². The van der Waals surface area contributed by atoms with Crippen molar-refractivity contribution in [2.24, 2.45) is 0 Å². The third kappa shape index (κ3) is 4.64. The van der Waals surface area contributed by atoms with Crippen molar-refractivity contribution in [1.29, 1.82) is 0 Å². The summed E-state index contributed by atoms with van der Waals surface area (Å²) in [6, 6.07) is 2.96. The standard InChI is InChI=1S/C9H10F3NO2/c10-9(11,12)3-4-15-8-2-1-7(6-14)5-13-8/h1-2,5,14H,3-4,6H2. The van der Waals surface area contributed by atoms with Gasteiger partial charge < -0.3 is 9.84 Å². The molecule has 1 aromatic heterocycles. The molecule has 0 unspecified atom stereocenters. The van der Waals surface area contributed by atoms with E-state index in [1.807, 2.05) is 0 Å². The summed E-state index contributed by atoms with van der Waals surface area (Å²) in [6.07, 6.45) is -3.87. The molecule has 0 aliphatic heterocycles. The average Bonchev–Trinajstić information content (AvgIpc) is 2.17. The lowest BCUT2D eigenvalue weighted by Gasteiger charge is -2.07. The molecule has 84 valence electrons. The molecule has 3 nitrogen and oxygen atoms in total. The Balaban J connectivity index is 2.38. The molecular formula is C9H10F3NO2. The number of alkyl halides is 3. The molecule has 0 atom stereocenters. The molecule has 0 aliphatic carbocycles. The number of ether oxygens (including phenoxy) is 1. The van der Waals surface area contributed by atoms with Gasteiger partial charge in [0.1, 0.15) is 0 Å². The van der Waals surface area contributed by atoms with Crippen molar-refractivity contribution in [1.82, 2.24) is 4.98 Å². The van der Waals surface area contributed by atoms with Crippen molar-refractivity contribution in [3.8, 4) is 5.88 Å². The molecular weight excluding hydrogens is 211 g/mol. The molecule has 1 N–H and O–H groups in total. The molecule has 0 amide bonds. The molecule has 1 aromatic rings. The van der Waals surface area contributed by atoms with E-state index in [2.05, 4.69) is 4.98 Å². The average molecular weight is 221 g/mol. The van der Waals surface area contributed by atoms with Crippen LogP contribution in [-0.4, -0.2) is 22.9 Å². The summed E-state index contributed by atoms with van der Waals surface area (Å²) in [7, 11) is 0. The predicted molar refractivity (Wildman–Crippen MR) is 46.3 cm³/mol. The first-order chi connectivity index (χ1) is 7.01. The van der Waals surface area contributed by atoms with E-state index in [1.54, 1.807) is 0 Å². The Bertz CT molecular complexity index is 297. The number of aliphatic hydroxyl groups is 1. The number of pyridine rings is 1. The first-order valence-electron chi connectivity index (χ1n) is 4.26. The fourth-order valence-electron chi connectivity index (χ4n) is 0.861. The Morgan fingerprint density at radius 1 is 1.33 bits per heavy atom. The number of rotatable bonds is 4. The summed E-state index contributed by atoms with van der Waals surface area (Å²) < 4.78 is 40.0. The molecule has 0 radical (unpaired) electrons. The smallest absolute Gasteiger partial charge is 0.392 e. The lowest BCUT2D eigenvalue weighted by atomic mass is 10.3. The zero-order valence-corrected chi connectivity index (χ0v) is 7.79. The van der Waals surface area contributed by atoms with Crippen molar-refractivity contribution in [3.63, 3.8) is 0 Å². The van der Waals surface area contributed by atoms with Gasteiger partial charge in [0.25, 0.3) is 0 Å². The Hall–Kier alpha value is -1.30. The molecule has 0 fully saturated rings. The van der Waals surface area contributed by atoms with E-state index in [-0.39, 0.29) is 12.5 Å². The number of halogens is 3. The van der Waals surface area contributed by atoms with E-state index in [4.69, 9.17) is 9.84 Å². The first kappa shape index (κ1) is 11.8. The van der Waals surface area contributed by atoms with Crippen molar-refractivity contribution < 1.29 is 23.0 Å². The zero-order chi connectivity index (χ0) is 11.3. The van der Waals surface area contributed by atoms with Gasteiger partial charge in [-0.15, -0.1) is 0 Å². The number of hydrogen-bond donors (Lipinski definition) is 1. The number of nitrogens with zero attached hydrogens (tertiary/aromatic N) is 1. The third-order valence-electron chi connectivity index (χ3n) is 1.62. The highest BCUT2D eigenvalue weighted by atomic mass is 19.4. The van der Waals surface area contributed by atoms with Crippen LogP contribution in [0.25, 0.3) is 0 Å². The van der Waals surface area contributed by atoms with Gasteiger partial charge in [0, 0.05) is 12.3 Å². The van der Waals surface area contributed by atoms with Crippen LogP contribution in [0, 0.1) is 0 Å². The lowest BCUT2D eigenvalue weighted by molar-refractivity contribution is -0.139. The molecule has 6 heteroatoms. The fourth-order valence-corrected chi connectivity index (χ4v) is 0.861. The van der Waals surface area contributed by atoms with Crippen LogP contribution in [0.1, 0.15) is 12.0 Å². The van der Waals surface area contributed by atoms with Crippen LogP contribution in [0.5, 0.6) is 5.88 Å². The van der Waals surface area contributed by atoms with Crippen molar-refractivity contribution in [2.45, 2.75) is 19.2 Å². The van der Waals surface area contributed by atoms with Crippen LogP contribution in [0.2, 0.25) is 0 Å². The van der Waals surface area contributed by atoms with E-state index in [0.29, 0.717) is 5.56 Å². The number of aliphatic hydroxyl groups excluding tert-OH is 1. The van der Waals surface area contributed by atoms with Gasteiger partial charge in [-0.2, -0.15) is 13.2 Å². The summed E-state index contributed by atoms with van der Waals surface area (Å²) in [5.74, 6) is 0.122. The van der Waals surface area contributed by atoms with Crippen LogP contribution < -0.4 is 4.74 Å². The Morgan fingerprint density at radius 3 is 2.53 bits per heavy atom. The molecule has 0 bridgehead atoms. The Labute approximate surface area is 84.5 Å². The second-order valence-corrected chi connectivity index (χ2v) is 2.88. The normalized spacial score (nSPS) is 11.5. The zero-order valence-electron chi connectivity index (χ0n) is 7.79. The number of aromatic nitrogens is 1. The van der Waals surface area contributed by atoms with Crippen molar-refractivity contribution >= 4 is 0 Å². The summed E-state index contributed by atoms with van der Waals surface area (Å²) in [5, 5.41) is 8.68. The summed E-state index contributed by atoms with van der Waals surface area (Å²) in [4.78, 5) is 3.72. The minimum atomic E-state index is -4.22. The maximum Gasteiger partial charge on any atom is 0.392 e. The third-order valence-corrected chi connectivity index (χ3v) is 1.62. The van der Waals surface area contributed by atoms with E-state index < -0.39 is 19.2 Å². The Morgan fingerprint density at radius 2 is 2.07 bits per heavy atom. The minimum absolute atomic E-state index is 0.122. The quantitative estimate of drug-likeness (QED) is 0.844. The summed E-state index contributed by atoms with van der Waals surface area (Å²) in [5.41, 5.74) is 0.582. The Kier molecular flexibility index (Phi) is 3.90. The molecule has 0 aliphatic rings. The molecule has 1 heterocycles. The van der Waals surface area contributed by atoms with Crippen LogP contribution in [-0.2, 0) is 6.61 Å². The first-order valence-corrected chi connectivity index (χ1v) is 4.26. The highest BCUT2D eigenvalue weighted by Crippen LogP contribution is 2.19. The van der Waals surface area contributed by atoms with E-state index in [0.717, 1.165) is 0 Å². The van der Waals surface area contributed by atoms with Gasteiger partial charge in [-0.1, -0.05) is 0 Å². The summed E-state index contributed by atoms with van der Waals surface area (Å²) in [6.45, 7) is -0.606. The van der Waals surface area contributed by atoms with Gasteiger partial charge in [-0.3, -0.25) is 0 Å². The van der Waals surface area contributed by atoms with Crippen molar-refractivity contribution in [3.05, 3.63) is 23.9 Å². The van der Waals surface area contributed by atoms with Gasteiger partial charge in [-0.25, -0.2) is 4.98 Å². The molecule has 0 saturated heterocycles. The van der Waals surface area contributed by atoms with Gasteiger partial charge >= 0.3 is 6.18 Å². The lowest BCUT2D eigenvalue weighted by Crippen LogP contribution is -2.13. The maximum atomic E-state index is 11.7. The minimum Gasteiger partial charge on any atom is -0.477 e. The fraction of sp³-hybridized carbons (Fsp3) is 0.444. The largest absolute Gasteiger partial charge is 0.477 e. The van der Waals surface area contributed by atoms with E-state index >= 15 is 0 Å².